The van der Waals surface area contributed by atoms with Gasteiger partial charge in [0.05, 0.1) is 29.5 Å². The summed E-state index contributed by atoms with van der Waals surface area (Å²) in [7, 11) is 0. The van der Waals surface area contributed by atoms with Crippen molar-refractivity contribution >= 4 is 74.6 Å². The summed E-state index contributed by atoms with van der Waals surface area (Å²) in [5.41, 5.74) is 3.73. The minimum Gasteiger partial charge on any atom is -0.466 e. The lowest BCUT2D eigenvalue weighted by Crippen LogP contribution is -2.37. The zero-order valence-corrected chi connectivity index (χ0v) is 23.7. The standard InChI is InChI=1S/C29H28ClN3O3S2/c1-3-36-28(35)19-10-12-32(13-11-19)26-22(15-21-14-18(2)8-9-24(21)31-26)16-25-27(34)33(29(37)38-25)17-20-6-4-5-7-23(20)30/h4-9,14-16,19H,3,10-13,17H2,1-2H3/b25-16-. The molecular weight excluding hydrogens is 538 g/mol. The Labute approximate surface area is 237 Å². The number of carbonyl (C=O) groups excluding carboxylic acids is 2. The van der Waals surface area contributed by atoms with Gasteiger partial charge in [-0.3, -0.25) is 14.5 Å². The number of amides is 1. The van der Waals surface area contributed by atoms with Gasteiger partial charge in [0.15, 0.2) is 0 Å². The number of anilines is 1. The van der Waals surface area contributed by atoms with Crippen molar-refractivity contribution in [3.63, 3.8) is 0 Å². The van der Waals surface area contributed by atoms with Gasteiger partial charge in [-0.15, -0.1) is 0 Å². The maximum atomic E-state index is 13.4. The molecule has 2 fully saturated rings. The largest absolute Gasteiger partial charge is 0.466 e. The van der Waals surface area contributed by atoms with E-state index >= 15 is 0 Å². The Morgan fingerprint density at radius 2 is 1.97 bits per heavy atom. The highest BCUT2D eigenvalue weighted by Gasteiger charge is 2.33. The van der Waals surface area contributed by atoms with E-state index in [9.17, 15) is 9.59 Å². The number of rotatable bonds is 6. The fraction of sp³-hybridized carbons (Fsp3) is 0.310. The Bertz CT molecular complexity index is 1450. The van der Waals surface area contributed by atoms with Gasteiger partial charge in [-0.05, 0) is 62.6 Å². The molecule has 0 radical (unpaired) electrons. The summed E-state index contributed by atoms with van der Waals surface area (Å²) in [5.74, 6) is 0.437. The number of halogens is 1. The summed E-state index contributed by atoms with van der Waals surface area (Å²) in [6.07, 6.45) is 3.30. The van der Waals surface area contributed by atoms with E-state index in [0.29, 0.717) is 53.3 Å². The van der Waals surface area contributed by atoms with Gasteiger partial charge in [0.25, 0.3) is 5.91 Å². The highest BCUT2D eigenvalue weighted by atomic mass is 35.5. The molecule has 5 rings (SSSR count). The monoisotopic (exact) mass is 565 g/mol. The summed E-state index contributed by atoms with van der Waals surface area (Å²) < 4.78 is 5.74. The van der Waals surface area contributed by atoms with Gasteiger partial charge in [-0.2, -0.15) is 0 Å². The molecule has 38 heavy (non-hydrogen) atoms. The zero-order chi connectivity index (χ0) is 26.8. The molecule has 0 N–H and O–H groups in total. The Kier molecular flexibility index (Phi) is 8.02. The van der Waals surface area contributed by atoms with Crippen LogP contribution in [-0.2, 0) is 20.9 Å². The number of fused-ring (bicyclic) bond motifs is 1. The third kappa shape index (κ3) is 5.58. The summed E-state index contributed by atoms with van der Waals surface area (Å²) in [6, 6.07) is 15.7. The number of piperidine rings is 1. The van der Waals surface area contributed by atoms with Crippen LogP contribution in [0, 0.1) is 12.8 Å². The molecule has 6 nitrogen and oxygen atoms in total. The average Bonchev–Trinajstić information content (AvgIpc) is 3.17. The molecule has 0 spiro atoms. The van der Waals surface area contributed by atoms with E-state index in [2.05, 4.69) is 17.0 Å². The fourth-order valence-electron chi connectivity index (χ4n) is 4.82. The number of hydrogen-bond donors (Lipinski definition) is 0. The molecule has 0 bridgehead atoms. The van der Waals surface area contributed by atoms with Crippen molar-refractivity contribution in [2.24, 2.45) is 5.92 Å². The van der Waals surface area contributed by atoms with Crippen molar-refractivity contribution in [3.05, 3.63) is 75.1 Å². The number of thioether (sulfide) groups is 1. The minimum atomic E-state index is -0.142. The molecule has 0 saturated carbocycles. The molecule has 9 heteroatoms. The number of pyridine rings is 1. The van der Waals surface area contributed by atoms with Crippen molar-refractivity contribution < 1.29 is 14.3 Å². The fourth-order valence-corrected chi connectivity index (χ4v) is 6.26. The summed E-state index contributed by atoms with van der Waals surface area (Å²) in [4.78, 5) is 35.1. The number of ether oxygens (including phenoxy) is 1. The SMILES string of the molecule is CCOC(=O)C1CCN(c2nc3ccc(C)cc3cc2/C=C2\SC(=S)N(Cc3ccccc3Cl)C2=O)CC1. The summed E-state index contributed by atoms with van der Waals surface area (Å²) in [5, 5.41) is 1.61. The van der Waals surface area contributed by atoms with Crippen LogP contribution < -0.4 is 4.90 Å². The molecule has 0 unspecified atom stereocenters. The van der Waals surface area contributed by atoms with Gasteiger partial charge in [0.2, 0.25) is 0 Å². The second kappa shape index (κ2) is 11.4. The van der Waals surface area contributed by atoms with Gasteiger partial charge < -0.3 is 9.64 Å². The molecule has 196 valence electrons. The predicted molar refractivity (Wildman–Crippen MR) is 158 cm³/mol. The number of aryl methyl sites for hydroxylation is 1. The molecule has 3 aromatic rings. The highest BCUT2D eigenvalue weighted by Crippen LogP contribution is 2.37. The number of nitrogens with zero attached hydrogens (tertiary/aromatic N) is 3. The first-order valence-corrected chi connectivity index (χ1v) is 14.3. The number of benzene rings is 2. The van der Waals surface area contributed by atoms with Crippen LogP contribution in [0.5, 0.6) is 0 Å². The zero-order valence-electron chi connectivity index (χ0n) is 21.3. The van der Waals surface area contributed by atoms with Crippen LogP contribution in [0.1, 0.15) is 36.5 Å². The van der Waals surface area contributed by atoms with E-state index in [0.717, 1.165) is 33.4 Å². The van der Waals surface area contributed by atoms with Crippen LogP contribution in [0.15, 0.2) is 53.4 Å². The molecule has 2 aliphatic rings. The second-order valence-corrected chi connectivity index (χ2v) is 11.6. The van der Waals surface area contributed by atoms with Gasteiger partial charge in [-0.25, -0.2) is 4.98 Å². The third-order valence-corrected chi connectivity index (χ3v) is 8.59. The normalized spacial score (nSPS) is 17.6. The molecule has 2 aromatic carbocycles. The summed E-state index contributed by atoms with van der Waals surface area (Å²) in [6.45, 7) is 5.96. The molecule has 0 atom stereocenters. The number of thiocarbonyl (C=S) groups is 1. The van der Waals surface area contributed by atoms with Crippen LogP contribution in [0.2, 0.25) is 5.02 Å². The Morgan fingerprint density at radius 1 is 1.21 bits per heavy atom. The maximum Gasteiger partial charge on any atom is 0.309 e. The maximum absolute atomic E-state index is 13.4. The molecule has 2 aliphatic heterocycles. The van der Waals surface area contributed by atoms with Crippen LogP contribution in [0.4, 0.5) is 5.82 Å². The first-order valence-electron chi connectivity index (χ1n) is 12.7. The first kappa shape index (κ1) is 26.7. The number of esters is 1. The molecule has 2 saturated heterocycles. The van der Waals surface area contributed by atoms with Gasteiger partial charge >= 0.3 is 5.97 Å². The number of aromatic nitrogens is 1. The Balaban J connectivity index is 1.46. The molecule has 0 aliphatic carbocycles. The van der Waals surface area contributed by atoms with Gasteiger partial charge in [-0.1, -0.05) is 65.4 Å². The van der Waals surface area contributed by atoms with Crippen molar-refractivity contribution in [3.8, 4) is 0 Å². The highest BCUT2D eigenvalue weighted by molar-refractivity contribution is 8.26. The molecule has 3 heterocycles. The Hall–Kier alpha value is -2.94. The van der Waals surface area contributed by atoms with E-state index in [1.807, 2.05) is 56.3 Å². The topological polar surface area (TPSA) is 62.7 Å². The van der Waals surface area contributed by atoms with Gasteiger partial charge in [0.1, 0.15) is 10.1 Å². The van der Waals surface area contributed by atoms with Crippen molar-refractivity contribution in [1.29, 1.82) is 0 Å². The molecular formula is C29H28ClN3O3S2. The Morgan fingerprint density at radius 3 is 2.71 bits per heavy atom. The van der Waals surface area contributed by atoms with Crippen molar-refractivity contribution in [2.45, 2.75) is 33.2 Å². The summed E-state index contributed by atoms with van der Waals surface area (Å²) >= 11 is 13.2. The molecule has 1 amide bonds. The smallest absolute Gasteiger partial charge is 0.309 e. The van der Waals surface area contributed by atoms with Crippen LogP contribution in [-0.4, -0.2) is 45.8 Å². The lowest BCUT2D eigenvalue weighted by molar-refractivity contribution is -0.148. The van der Waals surface area contributed by atoms with Crippen LogP contribution in [0.3, 0.4) is 0 Å². The van der Waals surface area contributed by atoms with E-state index in [1.165, 1.54) is 11.8 Å². The lowest BCUT2D eigenvalue weighted by Gasteiger charge is -2.32. The van der Waals surface area contributed by atoms with E-state index < -0.39 is 0 Å². The van der Waals surface area contributed by atoms with E-state index in [-0.39, 0.29) is 17.8 Å². The quantitative estimate of drug-likeness (QED) is 0.195. The van der Waals surface area contributed by atoms with E-state index in [4.69, 9.17) is 33.5 Å². The van der Waals surface area contributed by atoms with Crippen LogP contribution >= 0.6 is 35.6 Å². The number of hydrogen-bond acceptors (Lipinski definition) is 7. The average molecular weight is 566 g/mol. The number of carbonyl (C=O) groups is 2. The third-order valence-electron chi connectivity index (χ3n) is 6.84. The van der Waals surface area contributed by atoms with Gasteiger partial charge in [0, 0.05) is 29.1 Å². The second-order valence-electron chi connectivity index (χ2n) is 9.47. The predicted octanol–water partition coefficient (Wildman–Crippen LogP) is 6.38. The van der Waals surface area contributed by atoms with Crippen molar-refractivity contribution in [1.82, 2.24) is 9.88 Å². The van der Waals surface area contributed by atoms with Crippen LogP contribution in [0.25, 0.3) is 17.0 Å². The minimum absolute atomic E-state index is 0.0983. The molecule has 1 aromatic heterocycles. The first-order chi connectivity index (χ1) is 18.3. The van der Waals surface area contributed by atoms with Crippen molar-refractivity contribution in [2.75, 3.05) is 24.6 Å². The van der Waals surface area contributed by atoms with E-state index in [1.54, 1.807) is 4.90 Å². The lowest BCUT2D eigenvalue weighted by atomic mass is 9.96.